The van der Waals surface area contributed by atoms with Crippen LogP contribution in [0.3, 0.4) is 0 Å². The van der Waals surface area contributed by atoms with E-state index in [1.165, 1.54) is 11.0 Å². The molecule has 3 aromatic rings. The molecular formula is C24H23N3O4. The summed E-state index contributed by atoms with van der Waals surface area (Å²) in [6.45, 7) is 4.42. The summed E-state index contributed by atoms with van der Waals surface area (Å²) < 4.78 is 5.05. The minimum absolute atomic E-state index is 0.0717. The Labute approximate surface area is 179 Å². The number of carbonyl (C=O) groups excluding carboxylic acids is 3. The maximum Gasteiger partial charge on any atom is 0.411 e. The number of likely N-dealkylation sites (N-methyl/N-ethyl adjacent to an activating group) is 1. The maximum absolute atomic E-state index is 13.6. The van der Waals surface area contributed by atoms with Gasteiger partial charge in [0.15, 0.2) is 0 Å². The first-order valence-electron chi connectivity index (χ1n) is 9.96. The molecule has 0 aromatic heterocycles. The Hall–Kier alpha value is -3.71. The van der Waals surface area contributed by atoms with Crippen molar-refractivity contribution in [1.29, 1.82) is 0 Å². The summed E-state index contributed by atoms with van der Waals surface area (Å²) in [6.07, 6.45) is 0.834. The minimum Gasteiger partial charge on any atom is -0.445 e. The predicted molar refractivity (Wildman–Crippen MR) is 121 cm³/mol. The summed E-state index contributed by atoms with van der Waals surface area (Å²) in [6, 6.07) is 12.8. The SMILES string of the molecule is C=CCOC(=O)Nc1cccc2cc3cccc4c3c(c12)C(=O)N(CCN(C)C)C4=O. The van der Waals surface area contributed by atoms with Crippen molar-refractivity contribution in [1.82, 2.24) is 9.80 Å². The van der Waals surface area contributed by atoms with Gasteiger partial charge in [-0.05, 0) is 43.1 Å². The lowest BCUT2D eigenvalue weighted by molar-refractivity contribution is 0.0602. The Kier molecular flexibility index (Phi) is 5.44. The number of anilines is 1. The summed E-state index contributed by atoms with van der Waals surface area (Å²) in [4.78, 5) is 42.1. The molecule has 3 aromatic carbocycles. The molecule has 3 amide bonds. The molecule has 0 atom stereocenters. The highest BCUT2D eigenvalue weighted by Crippen LogP contribution is 2.38. The summed E-state index contributed by atoms with van der Waals surface area (Å²) in [5.41, 5.74) is 1.35. The lowest BCUT2D eigenvalue weighted by Gasteiger charge is -2.29. The first kappa shape index (κ1) is 20.6. The quantitative estimate of drug-likeness (QED) is 0.374. The van der Waals surface area contributed by atoms with Gasteiger partial charge in [0.1, 0.15) is 6.61 Å². The normalized spacial score (nSPS) is 13.2. The van der Waals surface area contributed by atoms with E-state index in [9.17, 15) is 14.4 Å². The fourth-order valence-electron chi connectivity index (χ4n) is 3.88. The Balaban J connectivity index is 1.94. The third-order valence-electron chi connectivity index (χ3n) is 5.28. The van der Waals surface area contributed by atoms with Crippen LogP contribution in [0.4, 0.5) is 10.5 Å². The molecule has 1 aliphatic heterocycles. The number of ether oxygens (including phenoxy) is 1. The van der Waals surface area contributed by atoms with Crippen molar-refractivity contribution in [2.75, 3.05) is 39.1 Å². The molecule has 1 aliphatic rings. The third kappa shape index (κ3) is 3.64. The fourth-order valence-corrected chi connectivity index (χ4v) is 3.88. The van der Waals surface area contributed by atoms with E-state index in [0.717, 1.165) is 10.8 Å². The summed E-state index contributed by atoms with van der Waals surface area (Å²) >= 11 is 0. The first-order valence-corrected chi connectivity index (χ1v) is 9.96. The molecule has 0 saturated carbocycles. The number of amides is 3. The van der Waals surface area contributed by atoms with Gasteiger partial charge in [0.25, 0.3) is 11.8 Å². The van der Waals surface area contributed by atoms with E-state index in [1.54, 1.807) is 18.2 Å². The second-order valence-corrected chi connectivity index (χ2v) is 7.64. The highest BCUT2D eigenvalue weighted by atomic mass is 16.5. The lowest BCUT2D eigenvalue weighted by Crippen LogP contribution is -2.43. The Morgan fingerprint density at radius 1 is 1.10 bits per heavy atom. The van der Waals surface area contributed by atoms with Crippen molar-refractivity contribution >= 4 is 45.1 Å². The van der Waals surface area contributed by atoms with Crippen LogP contribution in [0.15, 0.2) is 55.1 Å². The van der Waals surface area contributed by atoms with E-state index >= 15 is 0 Å². The zero-order chi connectivity index (χ0) is 22.1. The molecule has 1 heterocycles. The van der Waals surface area contributed by atoms with Gasteiger partial charge in [0.2, 0.25) is 0 Å². The number of hydrogen-bond acceptors (Lipinski definition) is 5. The number of nitrogens with zero attached hydrogens (tertiary/aromatic N) is 2. The van der Waals surface area contributed by atoms with Gasteiger partial charge in [-0.3, -0.25) is 19.8 Å². The van der Waals surface area contributed by atoms with Crippen molar-refractivity contribution in [3.63, 3.8) is 0 Å². The molecule has 7 nitrogen and oxygen atoms in total. The molecule has 158 valence electrons. The van der Waals surface area contributed by atoms with Crippen LogP contribution < -0.4 is 5.32 Å². The van der Waals surface area contributed by atoms with Gasteiger partial charge in [0.05, 0.1) is 11.3 Å². The fraction of sp³-hybridized carbons (Fsp3) is 0.208. The second-order valence-electron chi connectivity index (χ2n) is 7.64. The van der Waals surface area contributed by atoms with Crippen LogP contribution in [0.1, 0.15) is 20.7 Å². The highest BCUT2D eigenvalue weighted by molar-refractivity contribution is 6.32. The van der Waals surface area contributed by atoms with Gasteiger partial charge < -0.3 is 9.64 Å². The first-order chi connectivity index (χ1) is 14.9. The summed E-state index contributed by atoms with van der Waals surface area (Å²) in [7, 11) is 3.78. The van der Waals surface area contributed by atoms with Crippen molar-refractivity contribution in [2.24, 2.45) is 0 Å². The number of hydrogen-bond donors (Lipinski definition) is 1. The number of nitrogens with one attached hydrogen (secondary N) is 1. The van der Waals surface area contributed by atoms with E-state index in [-0.39, 0.29) is 25.0 Å². The van der Waals surface area contributed by atoms with Crippen molar-refractivity contribution in [2.45, 2.75) is 0 Å². The number of rotatable bonds is 6. The third-order valence-corrected chi connectivity index (χ3v) is 5.28. The number of imide groups is 1. The molecule has 0 unspecified atom stereocenters. The average molecular weight is 417 g/mol. The van der Waals surface area contributed by atoms with E-state index in [4.69, 9.17) is 4.74 Å². The highest BCUT2D eigenvalue weighted by Gasteiger charge is 2.34. The molecule has 0 aliphatic carbocycles. The largest absolute Gasteiger partial charge is 0.445 e. The van der Waals surface area contributed by atoms with Gasteiger partial charge in [-0.1, -0.05) is 36.9 Å². The van der Waals surface area contributed by atoms with Crippen molar-refractivity contribution < 1.29 is 19.1 Å². The van der Waals surface area contributed by atoms with Gasteiger partial charge in [-0.2, -0.15) is 0 Å². The van der Waals surface area contributed by atoms with Crippen molar-refractivity contribution in [3.05, 3.63) is 66.2 Å². The molecule has 0 radical (unpaired) electrons. The van der Waals surface area contributed by atoms with Crippen LogP contribution in [0, 0.1) is 0 Å². The summed E-state index contributed by atoms with van der Waals surface area (Å²) in [5, 5.41) is 5.52. The van der Waals surface area contributed by atoms with Gasteiger partial charge >= 0.3 is 6.09 Å². The topological polar surface area (TPSA) is 79.0 Å². The number of fused-ring (bicyclic) bond motifs is 2. The average Bonchev–Trinajstić information content (AvgIpc) is 2.74. The van der Waals surface area contributed by atoms with Crippen LogP contribution in [0.2, 0.25) is 0 Å². The van der Waals surface area contributed by atoms with Gasteiger partial charge in [0, 0.05) is 29.4 Å². The van der Waals surface area contributed by atoms with Crippen LogP contribution in [0.5, 0.6) is 0 Å². The molecule has 31 heavy (non-hydrogen) atoms. The zero-order valence-corrected chi connectivity index (χ0v) is 17.5. The molecule has 0 bridgehead atoms. The van der Waals surface area contributed by atoms with Crippen LogP contribution in [-0.4, -0.2) is 61.5 Å². The van der Waals surface area contributed by atoms with Crippen LogP contribution in [-0.2, 0) is 4.74 Å². The molecule has 0 saturated heterocycles. The number of carbonyl (C=O) groups is 3. The molecule has 4 rings (SSSR count). The van der Waals surface area contributed by atoms with Crippen LogP contribution in [0.25, 0.3) is 21.5 Å². The standard InChI is InChI=1S/C24H23N3O4/c1-4-13-31-24(30)25-18-10-6-8-16-14-15-7-5-9-17-19(15)21(20(16)18)23(29)27(22(17)28)12-11-26(2)3/h4-10,14H,1,11-13H2,2-3H3,(H,25,30). The van der Waals surface area contributed by atoms with E-state index in [0.29, 0.717) is 34.1 Å². The maximum atomic E-state index is 13.6. The predicted octanol–water partition coefficient (Wildman–Crippen LogP) is 3.89. The molecule has 1 N–H and O–H groups in total. The molecule has 0 spiro atoms. The number of benzene rings is 3. The van der Waals surface area contributed by atoms with E-state index < -0.39 is 6.09 Å². The Bertz CT molecular complexity index is 1230. The molecular weight excluding hydrogens is 394 g/mol. The van der Waals surface area contributed by atoms with E-state index in [2.05, 4.69) is 11.9 Å². The van der Waals surface area contributed by atoms with Crippen LogP contribution >= 0.6 is 0 Å². The van der Waals surface area contributed by atoms with E-state index in [1.807, 2.05) is 43.3 Å². The summed E-state index contributed by atoms with van der Waals surface area (Å²) in [5.74, 6) is -0.671. The minimum atomic E-state index is -0.642. The molecule has 7 heteroatoms. The van der Waals surface area contributed by atoms with Crippen molar-refractivity contribution in [3.8, 4) is 0 Å². The second kappa shape index (κ2) is 8.20. The van der Waals surface area contributed by atoms with Gasteiger partial charge in [-0.15, -0.1) is 0 Å². The monoisotopic (exact) mass is 417 g/mol. The lowest BCUT2D eigenvalue weighted by atomic mass is 9.89. The molecule has 0 fully saturated rings. The smallest absolute Gasteiger partial charge is 0.411 e. The Morgan fingerprint density at radius 2 is 1.81 bits per heavy atom. The zero-order valence-electron chi connectivity index (χ0n) is 17.5. The van der Waals surface area contributed by atoms with Gasteiger partial charge in [-0.25, -0.2) is 4.79 Å². The Morgan fingerprint density at radius 3 is 2.52 bits per heavy atom.